The summed E-state index contributed by atoms with van der Waals surface area (Å²) >= 11 is 0. The van der Waals surface area contributed by atoms with Crippen molar-refractivity contribution in [2.75, 3.05) is 25.0 Å². The smallest absolute Gasteiger partial charge is 0.321 e. The maximum Gasteiger partial charge on any atom is 0.321 e. The second kappa shape index (κ2) is 7.79. The average Bonchev–Trinajstić information content (AvgIpc) is 2.38. The third-order valence-electron chi connectivity index (χ3n) is 3.20. The van der Waals surface area contributed by atoms with Gasteiger partial charge in [0.1, 0.15) is 0 Å². The Balaban J connectivity index is 2.66. The number of nitrogens with zero attached hydrogens (tertiary/aromatic N) is 1. The Hall–Kier alpha value is -1.55. The lowest BCUT2D eigenvalue weighted by Gasteiger charge is -2.22. The zero-order valence-corrected chi connectivity index (χ0v) is 12.1. The number of rotatable bonds is 6. The Morgan fingerprint density at radius 1 is 1.26 bits per heavy atom. The first kappa shape index (κ1) is 15.5. The zero-order valence-electron chi connectivity index (χ0n) is 12.1. The molecule has 0 aromatic heterocycles. The van der Waals surface area contributed by atoms with E-state index in [4.69, 9.17) is 5.11 Å². The molecule has 0 fully saturated rings. The summed E-state index contributed by atoms with van der Waals surface area (Å²) < 4.78 is 0. The van der Waals surface area contributed by atoms with Crippen LogP contribution < -0.4 is 5.32 Å². The molecule has 0 unspecified atom stereocenters. The maximum atomic E-state index is 12.1. The molecule has 19 heavy (non-hydrogen) atoms. The molecule has 1 aromatic carbocycles. The van der Waals surface area contributed by atoms with Gasteiger partial charge in [-0.05, 0) is 43.5 Å². The lowest BCUT2D eigenvalue weighted by Crippen LogP contribution is -2.37. The number of aliphatic hydroxyl groups excluding tert-OH is 1. The van der Waals surface area contributed by atoms with Crippen LogP contribution in [0.25, 0.3) is 0 Å². The predicted molar refractivity (Wildman–Crippen MR) is 78.5 cm³/mol. The van der Waals surface area contributed by atoms with Crippen LogP contribution in [0.1, 0.15) is 30.9 Å². The molecule has 0 aliphatic rings. The van der Waals surface area contributed by atoms with E-state index in [1.807, 2.05) is 32.0 Å². The van der Waals surface area contributed by atoms with E-state index in [0.29, 0.717) is 13.1 Å². The van der Waals surface area contributed by atoms with E-state index >= 15 is 0 Å². The quantitative estimate of drug-likeness (QED) is 0.830. The number of benzene rings is 1. The van der Waals surface area contributed by atoms with Gasteiger partial charge in [0, 0.05) is 18.8 Å². The summed E-state index contributed by atoms with van der Waals surface area (Å²) in [5, 5.41) is 11.9. The van der Waals surface area contributed by atoms with E-state index in [0.717, 1.165) is 24.1 Å². The van der Waals surface area contributed by atoms with Gasteiger partial charge in [-0.15, -0.1) is 0 Å². The lowest BCUT2D eigenvalue weighted by molar-refractivity contribution is 0.187. The van der Waals surface area contributed by atoms with Crippen molar-refractivity contribution in [2.24, 2.45) is 0 Å². The molecule has 0 aliphatic carbocycles. The summed E-state index contributed by atoms with van der Waals surface area (Å²) in [7, 11) is 0. The Morgan fingerprint density at radius 3 is 2.58 bits per heavy atom. The lowest BCUT2D eigenvalue weighted by atomic mass is 10.1. The van der Waals surface area contributed by atoms with Gasteiger partial charge in [-0.25, -0.2) is 4.79 Å². The van der Waals surface area contributed by atoms with E-state index in [1.165, 1.54) is 5.56 Å². The minimum absolute atomic E-state index is 0.00986. The van der Waals surface area contributed by atoms with Gasteiger partial charge in [0.25, 0.3) is 0 Å². The van der Waals surface area contributed by atoms with E-state index in [2.05, 4.69) is 12.2 Å². The van der Waals surface area contributed by atoms with Crippen LogP contribution >= 0.6 is 0 Å². The van der Waals surface area contributed by atoms with Gasteiger partial charge < -0.3 is 15.3 Å². The first-order valence-corrected chi connectivity index (χ1v) is 6.82. The van der Waals surface area contributed by atoms with Crippen LogP contribution in [0.2, 0.25) is 0 Å². The number of urea groups is 1. The van der Waals surface area contributed by atoms with Crippen molar-refractivity contribution in [2.45, 2.75) is 33.6 Å². The first-order chi connectivity index (χ1) is 9.08. The molecule has 4 nitrogen and oxygen atoms in total. The molecule has 0 saturated carbocycles. The van der Waals surface area contributed by atoms with Gasteiger partial charge >= 0.3 is 6.03 Å². The van der Waals surface area contributed by atoms with Crippen molar-refractivity contribution in [3.63, 3.8) is 0 Å². The SMILES string of the molecule is CCCCN(CCO)C(=O)Nc1ccc(C)c(C)c1. The van der Waals surface area contributed by atoms with Crippen LogP contribution in [-0.4, -0.2) is 35.7 Å². The Labute approximate surface area is 115 Å². The zero-order chi connectivity index (χ0) is 14.3. The number of carbonyl (C=O) groups is 1. The van der Waals surface area contributed by atoms with Gasteiger partial charge in [0.2, 0.25) is 0 Å². The highest BCUT2D eigenvalue weighted by molar-refractivity contribution is 5.89. The van der Waals surface area contributed by atoms with E-state index < -0.39 is 0 Å². The van der Waals surface area contributed by atoms with Crippen molar-refractivity contribution < 1.29 is 9.90 Å². The van der Waals surface area contributed by atoms with Gasteiger partial charge in [0.15, 0.2) is 0 Å². The molecule has 0 heterocycles. The summed E-state index contributed by atoms with van der Waals surface area (Å²) in [6.45, 7) is 7.18. The molecule has 0 atom stereocenters. The third kappa shape index (κ3) is 4.91. The summed E-state index contributed by atoms with van der Waals surface area (Å²) in [5.74, 6) is 0. The molecule has 1 rings (SSSR count). The van der Waals surface area contributed by atoms with Crippen LogP contribution in [0.4, 0.5) is 10.5 Å². The number of hydrogen-bond acceptors (Lipinski definition) is 2. The minimum atomic E-state index is -0.147. The maximum absolute atomic E-state index is 12.1. The molecular formula is C15H24N2O2. The molecule has 106 valence electrons. The molecule has 0 saturated heterocycles. The minimum Gasteiger partial charge on any atom is -0.395 e. The molecule has 0 spiro atoms. The second-order valence-electron chi connectivity index (χ2n) is 4.79. The Bertz CT molecular complexity index is 419. The number of carbonyl (C=O) groups excluding carboxylic acids is 1. The fraction of sp³-hybridized carbons (Fsp3) is 0.533. The fourth-order valence-corrected chi connectivity index (χ4v) is 1.81. The van der Waals surface area contributed by atoms with E-state index in [1.54, 1.807) is 4.90 Å². The van der Waals surface area contributed by atoms with Crippen LogP contribution in [0.5, 0.6) is 0 Å². The largest absolute Gasteiger partial charge is 0.395 e. The fourth-order valence-electron chi connectivity index (χ4n) is 1.81. The monoisotopic (exact) mass is 264 g/mol. The second-order valence-corrected chi connectivity index (χ2v) is 4.79. The van der Waals surface area contributed by atoms with Crippen LogP contribution in [0.15, 0.2) is 18.2 Å². The summed E-state index contributed by atoms with van der Waals surface area (Å²) in [5.41, 5.74) is 3.16. The first-order valence-electron chi connectivity index (χ1n) is 6.82. The van der Waals surface area contributed by atoms with Gasteiger partial charge in [0.05, 0.1) is 6.61 Å². The third-order valence-corrected chi connectivity index (χ3v) is 3.20. The number of amides is 2. The number of aliphatic hydroxyl groups is 1. The summed E-state index contributed by atoms with van der Waals surface area (Å²) in [4.78, 5) is 13.8. The average molecular weight is 264 g/mol. The van der Waals surface area contributed by atoms with Gasteiger partial charge in [-0.1, -0.05) is 19.4 Å². The topological polar surface area (TPSA) is 52.6 Å². The normalized spacial score (nSPS) is 10.3. The molecule has 0 radical (unpaired) electrons. The standard InChI is InChI=1S/C15H24N2O2/c1-4-5-8-17(9-10-18)15(19)16-14-7-6-12(2)13(3)11-14/h6-7,11,18H,4-5,8-10H2,1-3H3,(H,16,19). The van der Waals surface area contributed by atoms with E-state index in [9.17, 15) is 4.79 Å². The Morgan fingerprint density at radius 2 is 2.00 bits per heavy atom. The van der Waals surface area contributed by atoms with Crippen molar-refractivity contribution >= 4 is 11.7 Å². The van der Waals surface area contributed by atoms with Crippen LogP contribution in [0, 0.1) is 13.8 Å². The highest BCUT2D eigenvalue weighted by atomic mass is 16.3. The number of hydrogen-bond donors (Lipinski definition) is 2. The predicted octanol–water partition coefficient (Wildman–Crippen LogP) is 2.93. The molecule has 2 amide bonds. The number of unbranched alkanes of at least 4 members (excludes halogenated alkanes) is 1. The molecule has 2 N–H and O–H groups in total. The molecule has 4 heteroatoms. The van der Waals surface area contributed by atoms with Crippen molar-refractivity contribution in [1.82, 2.24) is 4.90 Å². The Kier molecular flexibility index (Phi) is 6.36. The number of aryl methyl sites for hydroxylation is 2. The molecule has 0 bridgehead atoms. The van der Waals surface area contributed by atoms with Crippen LogP contribution in [-0.2, 0) is 0 Å². The van der Waals surface area contributed by atoms with Gasteiger partial charge in [-0.2, -0.15) is 0 Å². The summed E-state index contributed by atoms with van der Waals surface area (Å²) in [6, 6.07) is 5.71. The molecular weight excluding hydrogens is 240 g/mol. The highest BCUT2D eigenvalue weighted by Crippen LogP contribution is 2.14. The number of nitrogens with one attached hydrogen (secondary N) is 1. The van der Waals surface area contributed by atoms with Crippen molar-refractivity contribution in [1.29, 1.82) is 0 Å². The van der Waals surface area contributed by atoms with E-state index in [-0.39, 0.29) is 12.6 Å². The highest BCUT2D eigenvalue weighted by Gasteiger charge is 2.12. The van der Waals surface area contributed by atoms with Crippen molar-refractivity contribution in [3.8, 4) is 0 Å². The molecule has 0 aliphatic heterocycles. The van der Waals surface area contributed by atoms with Crippen LogP contribution in [0.3, 0.4) is 0 Å². The number of anilines is 1. The summed E-state index contributed by atoms with van der Waals surface area (Å²) in [6.07, 6.45) is 1.97. The van der Waals surface area contributed by atoms with Gasteiger partial charge in [-0.3, -0.25) is 0 Å². The molecule has 1 aromatic rings. The van der Waals surface area contributed by atoms with Crippen molar-refractivity contribution in [3.05, 3.63) is 29.3 Å².